The van der Waals surface area contributed by atoms with Gasteiger partial charge < -0.3 is 15.5 Å². The normalized spacial score (nSPS) is 12.2. The number of aliphatic hydroxyl groups is 1. The predicted octanol–water partition coefficient (Wildman–Crippen LogP) is 0.974. The summed E-state index contributed by atoms with van der Waals surface area (Å²) < 4.78 is 0. The van der Waals surface area contributed by atoms with E-state index in [4.69, 9.17) is 10.2 Å². The summed E-state index contributed by atoms with van der Waals surface area (Å²) in [5.41, 5.74) is 1.34. The van der Waals surface area contributed by atoms with Gasteiger partial charge in [0.1, 0.15) is 5.56 Å². The highest BCUT2D eigenvalue weighted by Crippen LogP contribution is 2.19. The van der Waals surface area contributed by atoms with E-state index >= 15 is 0 Å². The van der Waals surface area contributed by atoms with Crippen molar-refractivity contribution in [1.82, 2.24) is 10.2 Å². The maximum absolute atomic E-state index is 11.2. The summed E-state index contributed by atoms with van der Waals surface area (Å²) in [4.78, 5) is 11.2. The number of anilines is 1. The standard InChI is InChI=1S/C11H17N3O3/c1-6(4-5-15)12-10-9(11(16)17)7(2)8(3)13-14-10/h6,15H,4-5H2,1-3H3,(H,12,14)(H,16,17). The molecule has 0 amide bonds. The minimum absolute atomic E-state index is 0.0366. The van der Waals surface area contributed by atoms with Gasteiger partial charge >= 0.3 is 5.97 Å². The molecule has 0 radical (unpaired) electrons. The lowest BCUT2D eigenvalue weighted by atomic mass is 10.1. The Morgan fingerprint density at radius 2 is 2.06 bits per heavy atom. The Morgan fingerprint density at radius 3 is 2.59 bits per heavy atom. The van der Waals surface area contributed by atoms with Gasteiger partial charge in [-0.15, -0.1) is 5.10 Å². The molecule has 0 spiro atoms. The Balaban J connectivity index is 3.07. The van der Waals surface area contributed by atoms with E-state index in [2.05, 4.69) is 15.5 Å². The molecule has 0 aliphatic carbocycles. The molecule has 0 aliphatic rings. The predicted molar refractivity (Wildman–Crippen MR) is 63.3 cm³/mol. The highest BCUT2D eigenvalue weighted by molar-refractivity contribution is 5.94. The van der Waals surface area contributed by atoms with Gasteiger partial charge in [-0.2, -0.15) is 5.10 Å². The fourth-order valence-electron chi connectivity index (χ4n) is 1.47. The summed E-state index contributed by atoms with van der Waals surface area (Å²) in [6.07, 6.45) is 0.521. The number of rotatable bonds is 5. The van der Waals surface area contributed by atoms with E-state index in [9.17, 15) is 4.79 Å². The largest absolute Gasteiger partial charge is 0.478 e. The van der Waals surface area contributed by atoms with Crippen LogP contribution >= 0.6 is 0 Å². The molecular formula is C11H17N3O3. The van der Waals surface area contributed by atoms with E-state index in [1.165, 1.54) is 0 Å². The molecule has 1 aromatic rings. The Hall–Kier alpha value is -1.69. The summed E-state index contributed by atoms with van der Waals surface area (Å²) in [7, 11) is 0. The molecule has 0 aliphatic heterocycles. The van der Waals surface area contributed by atoms with Gasteiger partial charge in [-0.05, 0) is 32.8 Å². The van der Waals surface area contributed by atoms with Crippen molar-refractivity contribution in [3.05, 3.63) is 16.8 Å². The van der Waals surface area contributed by atoms with Crippen LogP contribution < -0.4 is 5.32 Å². The number of aryl methyl sites for hydroxylation is 1. The fraction of sp³-hybridized carbons (Fsp3) is 0.545. The monoisotopic (exact) mass is 239 g/mol. The molecule has 1 atom stereocenters. The number of carboxylic acid groups (broad SMARTS) is 1. The van der Waals surface area contributed by atoms with Gasteiger partial charge in [0.2, 0.25) is 0 Å². The lowest BCUT2D eigenvalue weighted by molar-refractivity contribution is 0.0696. The third-order valence-corrected chi connectivity index (χ3v) is 2.61. The maximum atomic E-state index is 11.2. The number of aliphatic hydroxyl groups excluding tert-OH is 1. The van der Waals surface area contributed by atoms with Crippen LogP contribution in [0, 0.1) is 13.8 Å². The van der Waals surface area contributed by atoms with Crippen molar-refractivity contribution in [3.8, 4) is 0 Å². The van der Waals surface area contributed by atoms with Gasteiger partial charge in [0, 0.05) is 12.6 Å². The van der Waals surface area contributed by atoms with E-state index < -0.39 is 5.97 Å². The second kappa shape index (κ2) is 5.58. The Bertz CT molecular complexity index is 421. The molecule has 0 saturated heterocycles. The molecule has 0 saturated carbocycles. The molecule has 1 heterocycles. The molecule has 17 heavy (non-hydrogen) atoms. The van der Waals surface area contributed by atoms with Crippen LogP contribution in [0.1, 0.15) is 35.0 Å². The molecule has 1 aromatic heterocycles. The van der Waals surface area contributed by atoms with Crippen LogP contribution in [0.5, 0.6) is 0 Å². The topological polar surface area (TPSA) is 95.3 Å². The Morgan fingerprint density at radius 1 is 1.41 bits per heavy atom. The van der Waals surface area contributed by atoms with Gasteiger partial charge in [0.25, 0.3) is 0 Å². The van der Waals surface area contributed by atoms with Crippen LogP contribution in [0.4, 0.5) is 5.82 Å². The number of nitrogens with zero attached hydrogens (tertiary/aromatic N) is 2. The minimum atomic E-state index is -1.03. The summed E-state index contributed by atoms with van der Waals surface area (Å²) in [5.74, 6) is -0.777. The Kier molecular flexibility index (Phi) is 4.39. The van der Waals surface area contributed by atoms with Crippen LogP contribution in [0.25, 0.3) is 0 Å². The first kappa shape index (κ1) is 13.4. The highest BCUT2D eigenvalue weighted by atomic mass is 16.4. The van der Waals surface area contributed by atoms with Crippen LogP contribution in [0.15, 0.2) is 0 Å². The smallest absolute Gasteiger partial charge is 0.339 e. The number of aromatic nitrogens is 2. The van der Waals surface area contributed by atoms with Crippen molar-refractivity contribution in [1.29, 1.82) is 0 Å². The van der Waals surface area contributed by atoms with Gasteiger partial charge in [-0.25, -0.2) is 4.79 Å². The van der Waals surface area contributed by atoms with E-state index in [1.54, 1.807) is 13.8 Å². The lowest BCUT2D eigenvalue weighted by Crippen LogP contribution is -2.21. The molecule has 3 N–H and O–H groups in total. The van der Waals surface area contributed by atoms with Gasteiger partial charge in [-0.3, -0.25) is 0 Å². The first-order valence-electron chi connectivity index (χ1n) is 5.42. The first-order valence-corrected chi connectivity index (χ1v) is 5.42. The van der Waals surface area contributed by atoms with E-state index in [-0.39, 0.29) is 24.0 Å². The molecule has 0 bridgehead atoms. The third-order valence-electron chi connectivity index (χ3n) is 2.61. The van der Waals surface area contributed by atoms with E-state index in [0.29, 0.717) is 17.7 Å². The molecule has 1 rings (SSSR count). The average molecular weight is 239 g/mol. The van der Waals surface area contributed by atoms with E-state index in [1.807, 2.05) is 6.92 Å². The van der Waals surface area contributed by atoms with Crippen LogP contribution in [0.3, 0.4) is 0 Å². The molecule has 0 aromatic carbocycles. The molecular weight excluding hydrogens is 222 g/mol. The van der Waals surface area contributed by atoms with E-state index in [0.717, 1.165) is 0 Å². The average Bonchev–Trinajstić information content (AvgIpc) is 2.23. The second-order valence-electron chi connectivity index (χ2n) is 4.00. The van der Waals surface area contributed by atoms with Gasteiger partial charge in [0.05, 0.1) is 5.69 Å². The SMILES string of the molecule is Cc1nnc(NC(C)CCO)c(C(=O)O)c1C. The minimum Gasteiger partial charge on any atom is -0.478 e. The number of hydrogen-bond donors (Lipinski definition) is 3. The third kappa shape index (κ3) is 3.13. The molecule has 94 valence electrons. The van der Waals surface area contributed by atoms with Crippen molar-refractivity contribution < 1.29 is 15.0 Å². The number of aromatic carboxylic acids is 1. The van der Waals surface area contributed by atoms with Gasteiger partial charge in [-0.1, -0.05) is 0 Å². The number of hydrogen-bond acceptors (Lipinski definition) is 5. The summed E-state index contributed by atoms with van der Waals surface area (Å²) in [5, 5.41) is 28.7. The van der Waals surface area contributed by atoms with Gasteiger partial charge in [0.15, 0.2) is 5.82 Å². The van der Waals surface area contributed by atoms with Crippen molar-refractivity contribution in [2.45, 2.75) is 33.2 Å². The number of carbonyl (C=O) groups is 1. The first-order chi connectivity index (χ1) is 7.97. The summed E-state index contributed by atoms with van der Waals surface area (Å²) in [6.45, 7) is 5.30. The number of carboxylic acids is 1. The lowest BCUT2D eigenvalue weighted by Gasteiger charge is -2.15. The quantitative estimate of drug-likeness (QED) is 0.708. The summed E-state index contributed by atoms with van der Waals surface area (Å²) in [6, 6.07) is -0.0606. The van der Waals surface area contributed by atoms with Crippen molar-refractivity contribution in [3.63, 3.8) is 0 Å². The zero-order valence-electron chi connectivity index (χ0n) is 10.2. The Labute approximate surface area is 99.7 Å². The molecule has 6 nitrogen and oxygen atoms in total. The van der Waals surface area contributed by atoms with Crippen LogP contribution in [-0.4, -0.2) is 39.0 Å². The van der Waals surface area contributed by atoms with Crippen molar-refractivity contribution in [2.24, 2.45) is 0 Å². The van der Waals surface area contributed by atoms with Crippen LogP contribution in [0.2, 0.25) is 0 Å². The van der Waals surface area contributed by atoms with Crippen molar-refractivity contribution in [2.75, 3.05) is 11.9 Å². The molecule has 0 fully saturated rings. The fourth-order valence-corrected chi connectivity index (χ4v) is 1.47. The zero-order valence-corrected chi connectivity index (χ0v) is 10.2. The second-order valence-corrected chi connectivity index (χ2v) is 4.00. The highest BCUT2D eigenvalue weighted by Gasteiger charge is 2.18. The maximum Gasteiger partial charge on any atom is 0.339 e. The molecule has 1 unspecified atom stereocenters. The van der Waals surface area contributed by atoms with Crippen LogP contribution in [-0.2, 0) is 0 Å². The van der Waals surface area contributed by atoms with Crippen molar-refractivity contribution >= 4 is 11.8 Å². The molecule has 6 heteroatoms. The number of nitrogens with one attached hydrogen (secondary N) is 1. The zero-order chi connectivity index (χ0) is 13.0. The summed E-state index contributed by atoms with van der Waals surface area (Å²) >= 11 is 0.